The molecule has 5 heteroatoms. The van der Waals surface area contributed by atoms with Crippen LogP contribution in [-0.4, -0.2) is 22.2 Å². The molecule has 80 valence electrons. The highest BCUT2D eigenvalue weighted by Gasteiger charge is 2.25. The molecule has 0 aliphatic carbocycles. The number of carboxylic acid groups (broad SMARTS) is 2. The van der Waals surface area contributed by atoms with Gasteiger partial charge in [0.2, 0.25) is 0 Å². The van der Waals surface area contributed by atoms with Gasteiger partial charge in [-0.15, -0.1) is 0 Å². The lowest BCUT2D eigenvalue weighted by molar-refractivity contribution is -0.145. The van der Waals surface area contributed by atoms with E-state index in [4.69, 9.17) is 10.2 Å². The fourth-order valence-electron chi connectivity index (χ4n) is 1.26. The predicted molar refractivity (Wildman–Crippen MR) is 49.0 cm³/mol. The van der Waals surface area contributed by atoms with E-state index in [1.807, 2.05) is 0 Å². The average molecular weight is 212 g/mol. The topological polar surface area (TPSA) is 74.6 Å². The van der Waals surface area contributed by atoms with E-state index >= 15 is 0 Å². The molecule has 1 atom stereocenters. The van der Waals surface area contributed by atoms with Gasteiger partial charge in [0.15, 0.2) is 0 Å². The van der Waals surface area contributed by atoms with Gasteiger partial charge in [-0.25, -0.2) is 4.39 Å². The van der Waals surface area contributed by atoms with Crippen molar-refractivity contribution in [1.29, 1.82) is 0 Å². The van der Waals surface area contributed by atoms with Crippen LogP contribution in [0.2, 0.25) is 0 Å². The van der Waals surface area contributed by atoms with Crippen LogP contribution < -0.4 is 0 Å². The molecule has 0 fully saturated rings. The quantitative estimate of drug-likeness (QED) is 0.792. The Labute approximate surface area is 85.0 Å². The third kappa shape index (κ3) is 2.77. The van der Waals surface area contributed by atoms with Crippen LogP contribution in [0.3, 0.4) is 0 Å². The molecule has 0 aliphatic heterocycles. The number of benzene rings is 1. The standard InChI is InChI=1S/C10H9FO4/c11-8-4-2-1-3-6(8)7(10(14)15)5-9(12)13/h1-4,7H,5H2,(H,12,13)(H,14,15). The molecular weight excluding hydrogens is 203 g/mol. The third-order valence-corrected chi connectivity index (χ3v) is 1.96. The summed E-state index contributed by atoms with van der Waals surface area (Å²) in [4.78, 5) is 21.2. The van der Waals surface area contributed by atoms with Crippen molar-refractivity contribution in [2.24, 2.45) is 0 Å². The van der Waals surface area contributed by atoms with E-state index in [1.165, 1.54) is 18.2 Å². The first-order valence-electron chi connectivity index (χ1n) is 4.21. The molecule has 1 aromatic rings. The van der Waals surface area contributed by atoms with Crippen LogP contribution in [0, 0.1) is 5.82 Å². The van der Waals surface area contributed by atoms with E-state index in [-0.39, 0.29) is 5.56 Å². The number of rotatable bonds is 4. The second-order valence-corrected chi connectivity index (χ2v) is 3.01. The van der Waals surface area contributed by atoms with Gasteiger partial charge in [0.25, 0.3) is 0 Å². The summed E-state index contributed by atoms with van der Waals surface area (Å²) in [5, 5.41) is 17.3. The van der Waals surface area contributed by atoms with Crippen molar-refractivity contribution < 1.29 is 24.2 Å². The third-order valence-electron chi connectivity index (χ3n) is 1.96. The Bertz CT molecular complexity index is 389. The zero-order valence-corrected chi connectivity index (χ0v) is 7.68. The smallest absolute Gasteiger partial charge is 0.311 e. The molecule has 0 saturated carbocycles. The molecule has 0 heterocycles. The second-order valence-electron chi connectivity index (χ2n) is 3.01. The molecule has 0 amide bonds. The number of halogens is 1. The van der Waals surface area contributed by atoms with Gasteiger partial charge in [0, 0.05) is 5.56 Å². The maximum atomic E-state index is 13.2. The van der Waals surface area contributed by atoms with Gasteiger partial charge in [0.05, 0.1) is 12.3 Å². The highest BCUT2D eigenvalue weighted by atomic mass is 19.1. The van der Waals surface area contributed by atoms with E-state index in [2.05, 4.69) is 0 Å². The molecule has 0 saturated heterocycles. The van der Waals surface area contributed by atoms with E-state index in [0.717, 1.165) is 6.07 Å². The molecule has 1 aromatic carbocycles. The molecule has 0 aliphatic rings. The Hall–Kier alpha value is -1.91. The van der Waals surface area contributed by atoms with Crippen molar-refractivity contribution in [1.82, 2.24) is 0 Å². The number of aliphatic carboxylic acids is 2. The summed E-state index contributed by atoms with van der Waals surface area (Å²) in [6.07, 6.45) is -0.629. The maximum absolute atomic E-state index is 13.2. The summed E-state index contributed by atoms with van der Waals surface area (Å²) < 4.78 is 13.2. The molecule has 1 rings (SSSR count). The van der Waals surface area contributed by atoms with Crippen molar-refractivity contribution in [3.63, 3.8) is 0 Å². The second kappa shape index (κ2) is 4.54. The molecule has 0 aromatic heterocycles. The van der Waals surface area contributed by atoms with Crippen molar-refractivity contribution in [2.75, 3.05) is 0 Å². The first-order chi connectivity index (χ1) is 7.02. The maximum Gasteiger partial charge on any atom is 0.311 e. The lowest BCUT2D eigenvalue weighted by Gasteiger charge is -2.10. The Morgan fingerprint density at radius 2 is 1.87 bits per heavy atom. The zero-order valence-electron chi connectivity index (χ0n) is 7.68. The van der Waals surface area contributed by atoms with Crippen LogP contribution in [0.25, 0.3) is 0 Å². The van der Waals surface area contributed by atoms with E-state index in [1.54, 1.807) is 0 Å². The molecule has 4 nitrogen and oxygen atoms in total. The van der Waals surface area contributed by atoms with Gasteiger partial charge in [-0.05, 0) is 6.07 Å². The Morgan fingerprint density at radius 1 is 1.27 bits per heavy atom. The van der Waals surface area contributed by atoms with Crippen LogP contribution >= 0.6 is 0 Å². The molecule has 0 spiro atoms. The first kappa shape index (κ1) is 11.2. The van der Waals surface area contributed by atoms with Crippen LogP contribution in [-0.2, 0) is 9.59 Å². The molecule has 2 N–H and O–H groups in total. The highest BCUT2D eigenvalue weighted by Crippen LogP contribution is 2.22. The summed E-state index contributed by atoms with van der Waals surface area (Å²) >= 11 is 0. The minimum absolute atomic E-state index is 0.104. The highest BCUT2D eigenvalue weighted by molar-refractivity contribution is 5.82. The molecule has 0 radical (unpaired) electrons. The number of hydrogen-bond donors (Lipinski definition) is 2. The van der Waals surface area contributed by atoms with Crippen molar-refractivity contribution in [3.8, 4) is 0 Å². The number of carbonyl (C=O) groups is 2. The summed E-state index contributed by atoms with van der Waals surface area (Å²) in [7, 11) is 0. The minimum atomic E-state index is -1.34. The summed E-state index contributed by atoms with van der Waals surface area (Å²) in [6.45, 7) is 0. The minimum Gasteiger partial charge on any atom is -0.481 e. The average Bonchev–Trinajstić information content (AvgIpc) is 2.15. The fraction of sp³-hybridized carbons (Fsp3) is 0.200. The Morgan fingerprint density at radius 3 is 2.33 bits per heavy atom. The fourth-order valence-corrected chi connectivity index (χ4v) is 1.26. The van der Waals surface area contributed by atoms with Gasteiger partial charge in [-0.3, -0.25) is 9.59 Å². The summed E-state index contributed by atoms with van der Waals surface area (Å²) in [5.41, 5.74) is -0.104. The number of hydrogen-bond acceptors (Lipinski definition) is 2. The predicted octanol–water partition coefficient (Wildman–Crippen LogP) is 1.47. The van der Waals surface area contributed by atoms with Crippen LogP contribution in [0.4, 0.5) is 4.39 Å². The Balaban J connectivity index is 3.04. The lowest BCUT2D eigenvalue weighted by atomic mass is 9.95. The van der Waals surface area contributed by atoms with Crippen molar-refractivity contribution in [3.05, 3.63) is 35.6 Å². The monoisotopic (exact) mass is 212 g/mol. The largest absolute Gasteiger partial charge is 0.481 e. The zero-order chi connectivity index (χ0) is 11.4. The van der Waals surface area contributed by atoms with Crippen molar-refractivity contribution >= 4 is 11.9 Å². The van der Waals surface area contributed by atoms with Gasteiger partial charge >= 0.3 is 11.9 Å². The Kier molecular flexibility index (Phi) is 3.38. The van der Waals surface area contributed by atoms with Gasteiger partial charge in [-0.1, -0.05) is 18.2 Å². The van der Waals surface area contributed by atoms with Crippen LogP contribution in [0.15, 0.2) is 24.3 Å². The normalized spacial score (nSPS) is 12.1. The van der Waals surface area contributed by atoms with E-state index < -0.39 is 30.1 Å². The molecule has 0 bridgehead atoms. The molecular formula is C10H9FO4. The SMILES string of the molecule is O=C(O)CC(C(=O)O)c1ccccc1F. The lowest BCUT2D eigenvalue weighted by Crippen LogP contribution is -2.17. The molecule has 1 unspecified atom stereocenters. The summed E-state index contributed by atoms with van der Waals surface area (Å²) in [5.74, 6) is -4.66. The van der Waals surface area contributed by atoms with Gasteiger partial charge < -0.3 is 10.2 Å². The van der Waals surface area contributed by atoms with E-state index in [9.17, 15) is 14.0 Å². The van der Waals surface area contributed by atoms with Gasteiger partial charge in [-0.2, -0.15) is 0 Å². The first-order valence-corrected chi connectivity index (χ1v) is 4.21. The molecule has 15 heavy (non-hydrogen) atoms. The van der Waals surface area contributed by atoms with Crippen molar-refractivity contribution in [2.45, 2.75) is 12.3 Å². The number of carboxylic acids is 2. The van der Waals surface area contributed by atoms with Crippen LogP contribution in [0.5, 0.6) is 0 Å². The van der Waals surface area contributed by atoms with Gasteiger partial charge in [0.1, 0.15) is 5.82 Å². The van der Waals surface area contributed by atoms with Crippen LogP contribution in [0.1, 0.15) is 17.9 Å². The summed E-state index contributed by atoms with van der Waals surface area (Å²) in [6, 6.07) is 5.26. The van der Waals surface area contributed by atoms with E-state index in [0.29, 0.717) is 0 Å².